The molecule has 2 N–H and O–H groups in total. The standard InChI is InChI=1S/C17H19N3S/c1-2-15-8-9-16(21-15)10-17(18)13-11-19-20(12-13)14-6-4-3-5-7-14/h3-9,11-12,17H,2,10,18H2,1H3. The van der Waals surface area contributed by atoms with Crippen LogP contribution in [-0.4, -0.2) is 9.78 Å². The number of hydrogen-bond donors (Lipinski definition) is 1. The van der Waals surface area contributed by atoms with Crippen LogP contribution in [0.5, 0.6) is 0 Å². The Morgan fingerprint density at radius 1 is 1.14 bits per heavy atom. The fourth-order valence-electron chi connectivity index (χ4n) is 2.31. The SMILES string of the molecule is CCc1ccc(CC(N)c2cnn(-c3ccccc3)c2)s1. The van der Waals surface area contributed by atoms with Gasteiger partial charge in [0.1, 0.15) is 0 Å². The highest BCUT2D eigenvalue weighted by Gasteiger charge is 2.11. The van der Waals surface area contributed by atoms with Crippen molar-refractivity contribution < 1.29 is 0 Å². The van der Waals surface area contributed by atoms with E-state index in [0.717, 1.165) is 24.1 Å². The van der Waals surface area contributed by atoms with Crippen LogP contribution >= 0.6 is 11.3 Å². The molecule has 0 bridgehead atoms. The Morgan fingerprint density at radius 3 is 2.62 bits per heavy atom. The van der Waals surface area contributed by atoms with E-state index in [1.807, 2.05) is 58.7 Å². The lowest BCUT2D eigenvalue weighted by Crippen LogP contribution is -2.11. The number of para-hydroxylation sites is 1. The molecule has 3 nitrogen and oxygen atoms in total. The van der Waals surface area contributed by atoms with E-state index in [4.69, 9.17) is 5.73 Å². The number of nitrogens with zero attached hydrogens (tertiary/aromatic N) is 2. The number of aromatic nitrogens is 2. The molecule has 3 rings (SSSR count). The summed E-state index contributed by atoms with van der Waals surface area (Å²) < 4.78 is 1.88. The summed E-state index contributed by atoms with van der Waals surface area (Å²) in [6, 6.07) is 14.5. The van der Waals surface area contributed by atoms with Crippen LogP contribution in [0.4, 0.5) is 0 Å². The molecule has 0 fully saturated rings. The molecule has 0 spiro atoms. The molecule has 0 aliphatic carbocycles. The van der Waals surface area contributed by atoms with Gasteiger partial charge in [0, 0.05) is 34.0 Å². The van der Waals surface area contributed by atoms with Crippen LogP contribution in [0.25, 0.3) is 5.69 Å². The van der Waals surface area contributed by atoms with E-state index in [1.54, 1.807) is 0 Å². The van der Waals surface area contributed by atoms with E-state index in [0.29, 0.717) is 0 Å². The molecular weight excluding hydrogens is 278 g/mol. The molecular formula is C17H19N3S. The molecule has 0 aliphatic rings. The van der Waals surface area contributed by atoms with Gasteiger partial charge in [0.2, 0.25) is 0 Å². The van der Waals surface area contributed by atoms with E-state index in [-0.39, 0.29) is 6.04 Å². The molecule has 3 aromatic rings. The fourth-order valence-corrected chi connectivity index (χ4v) is 3.32. The van der Waals surface area contributed by atoms with Crippen LogP contribution in [0.2, 0.25) is 0 Å². The molecule has 2 aromatic heterocycles. The number of benzene rings is 1. The second kappa shape index (κ2) is 6.24. The lowest BCUT2D eigenvalue weighted by molar-refractivity contribution is 0.729. The van der Waals surface area contributed by atoms with Gasteiger partial charge in [-0.15, -0.1) is 11.3 Å². The quantitative estimate of drug-likeness (QED) is 0.779. The predicted octanol–water partition coefficient (Wildman–Crippen LogP) is 3.74. The fraction of sp³-hybridized carbons (Fsp3) is 0.235. The zero-order valence-electron chi connectivity index (χ0n) is 12.1. The predicted molar refractivity (Wildman–Crippen MR) is 87.9 cm³/mol. The third kappa shape index (κ3) is 3.23. The maximum absolute atomic E-state index is 6.32. The molecule has 2 heterocycles. The molecule has 21 heavy (non-hydrogen) atoms. The maximum atomic E-state index is 6.32. The molecule has 0 saturated heterocycles. The number of thiophene rings is 1. The molecule has 1 atom stereocenters. The topological polar surface area (TPSA) is 43.8 Å². The van der Waals surface area contributed by atoms with Crippen LogP contribution in [0.15, 0.2) is 54.9 Å². The molecule has 108 valence electrons. The van der Waals surface area contributed by atoms with Gasteiger partial charge in [-0.3, -0.25) is 0 Å². The van der Waals surface area contributed by atoms with Gasteiger partial charge in [-0.25, -0.2) is 4.68 Å². The van der Waals surface area contributed by atoms with E-state index < -0.39 is 0 Å². The average Bonchev–Trinajstić information content (AvgIpc) is 3.17. The average molecular weight is 297 g/mol. The van der Waals surface area contributed by atoms with Crippen molar-refractivity contribution in [2.24, 2.45) is 5.73 Å². The minimum atomic E-state index is -0.00850. The number of rotatable bonds is 5. The summed E-state index contributed by atoms with van der Waals surface area (Å²) in [5, 5.41) is 4.41. The molecule has 4 heteroatoms. The molecule has 0 amide bonds. The summed E-state index contributed by atoms with van der Waals surface area (Å²) in [6.07, 6.45) is 5.84. The minimum Gasteiger partial charge on any atom is -0.324 e. The largest absolute Gasteiger partial charge is 0.324 e. The highest BCUT2D eigenvalue weighted by molar-refractivity contribution is 7.11. The number of aryl methyl sites for hydroxylation is 1. The van der Waals surface area contributed by atoms with Gasteiger partial charge < -0.3 is 5.73 Å². The smallest absolute Gasteiger partial charge is 0.0645 e. The third-order valence-corrected chi connectivity index (χ3v) is 4.79. The lowest BCUT2D eigenvalue weighted by Gasteiger charge is -2.07. The molecule has 0 radical (unpaired) electrons. The first-order chi connectivity index (χ1) is 10.3. The van der Waals surface area contributed by atoms with Crippen LogP contribution in [-0.2, 0) is 12.8 Å². The zero-order chi connectivity index (χ0) is 14.7. The Kier molecular flexibility index (Phi) is 4.18. The van der Waals surface area contributed by atoms with Gasteiger partial charge in [-0.05, 0) is 30.7 Å². The Bertz CT molecular complexity index is 700. The Morgan fingerprint density at radius 2 is 1.90 bits per heavy atom. The lowest BCUT2D eigenvalue weighted by atomic mass is 10.1. The van der Waals surface area contributed by atoms with Gasteiger partial charge in [-0.1, -0.05) is 25.1 Å². The normalized spacial score (nSPS) is 12.5. The molecule has 1 aromatic carbocycles. The minimum absolute atomic E-state index is 0.00850. The van der Waals surface area contributed by atoms with Crippen LogP contribution in [0.1, 0.15) is 28.3 Å². The first-order valence-electron chi connectivity index (χ1n) is 7.19. The second-order valence-corrected chi connectivity index (χ2v) is 6.34. The van der Waals surface area contributed by atoms with E-state index in [9.17, 15) is 0 Å². The molecule has 1 unspecified atom stereocenters. The van der Waals surface area contributed by atoms with Crippen LogP contribution in [0.3, 0.4) is 0 Å². The van der Waals surface area contributed by atoms with Gasteiger partial charge in [0.25, 0.3) is 0 Å². The van der Waals surface area contributed by atoms with E-state index >= 15 is 0 Å². The van der Waals surface area contributed by atoms with Crippen molar-refractivity contribution in [1.29, 1.82) is 0 Å². The first kappa shape index (κ1) is 14.0. The highest BCUT2D eigenvalue weighted by atomic mass is 32.1. The summed E-state index contributed by atoms with van der Waals surface area (Å²) in [6.45, 7) is 2.18. The monoisotopic (exact) mass is 297 g/mol. The van der Waals surface area contributed by atoms with Gasteiger partial charge >= 0.3 is 0 Å². The summed E-state index contributed by atoms with van der Waals surface area (Å²) in [4.78, 5) is 2.75. The molecule has 0 saturated carbocycles. The number of hydrogen-bond acceptors (Lipinski definition) is 3. The zero-order valence-corrected chi connectivity index (χ0v) is 12.9. The summed E-state index contributed by atoms with van der Waals surface area (Å²) >= 11 is 1.85. The summed E-state index contributed by atoms with van der Waals surface area (Å²) in [7, 11) is 0. The van der Waals surface area contributed by atoms with Crippen molar-refractivity contribution in [3.05, 3.63) is 70.2 Å². The Hall–Kier alpha value is -1.91. The maximum Gasteiger partial charge on any atom is 0.0645 e. The van der Waals surface area contributed by atoms with Crippen molar-refractivity contribution in [2.45, 2.75) is 25.8 Å². The summed E-state index contributed by atoms with van der Waals surface area (Å²) in [5.74, 6) is 0. The number of nitrogens with two attached hydrogens (primary N) is 1. The van der Waals surface area contributed by atoms with Crippen molar-refractivity contribution in [3.63, 3.8) is 0 Å². The van der Waals surface area contributed by atoms with E-state index in [2.05, 4.69) is 24.2 Å². The Labute approximate surface area is 129 Å². The summed E-state index contributed by atoms with van der Waals surface area (Å²) in [5.41, 5.74) is 8.45. The van der Waals surface area contributed by atoms with Crippen LogP contribution in [0, 0.1) is 0 Å². The van der Waals surface area contributed by atoms with Crippen molar-refractivity contribution in [3.8, 4) is 5.69 Å². The van der Waals surface area contributed by atoms with Crippen LogP contribution < -0.4 is 5.73 Å². The first-order valence-corrected chi connectivity index (χ1v) is 8.01. The van der Waals surface area contributed by atoms with Crippen molar-refractivity contribution in [2.75, 3.05) is 0 Å². The van der Waals surface area contributed by atoms with Gasteiger partial charge in [0.05, 0.1) is 11.9 Å². The van der Waals surface area contributed by atoms with Crippen molar-refractivity contribution in [1.82, 2.24) is 9.78 Å². The highest BCUT2D eigenvalue weighted by Crippen LogP contribution is 2.23. The Balaban J connectivity index is 1.73. The third-order valence-electron chi connectivity index (χ3n) is 3.54. The van der Waals surface area contributed by atoms with E-state index in [1.165, 1.54) is 9.75 Å². The second-order valence-electron chi connectivity index (χ2n) is 5.09. The van der Waals surface area contributed by atoms with Crippen molar-refractivity contribution >= 4 is 11.3 Å². The molecule has 0 aliphatic heterocycles. The van der Waals surface area contributed by atoms with Gasteiger partial charge in [0.15, 0.2) is 0 Å². The van der Waals surface area contributed by atoms with Gasteiger partial charge in [-0.2, -0.15) is 5.10 Å².